The molecule has 0 saturated carbocycles. The molecule has 3 unspecified atom stereocenters. The third kappa shape index (κ3) is 4.52. The molecule has 0 aromatic carbocycles. The SMILES string of the molecule is CCCNC(CCCC1CCCO1)C1CCOC1. The zero-order valence-corrected chi connectivity index (χ0v) is 11.8. The lowest BCUT2D eigenvalue weighted by molar-refractivity contribution is 0.1000. The molecule has 2 aliphatic rings. The van der Waals surface area contributed by atoms with E-state index in [9.17, 15) is 0 Å². The maximum atomic E-state index is 5.70. The zero-order valence-electron chi connectivity index (χ0n) is 11.8. The molecule has 0 aromatic heterocycles. The van der Waals surface area contributed by atoms with Gasteiger partial charge in [-0.1, -0.05) is 6.92 Å². The van der Waals surface area contributed by atoms with Gasteiger partial charge in [0.05, 0.1) is 12.7 Å². The third-order valence-corrected chi connectivity index (χ3v) is 4.26. The van der Waals surface area contributed by atoms with Crippen LogP contribution in [0.15, 0.2) is 0 Å². The molecule has 0 aromatic rings. The van der Waals surface area contributed by atoms with Crippen molar-refractivity contribution >= 4 is 0 Å². The van der Waals surface area contributed by atoms with Crippen LogP contribution in [0.5, 0.6) is 0 Å². The van der Waals surface area contributed by atoms with Gasteiger partial charge in [-0.15, -0.1) is 0 Å². The minimum atomic E-state index is 0.552. The van der Waals surface area contributed by atoms with Crippen LogP contribution in [-0.4, -0.2) is 38.5 Å². The van der Waals surface area contributed by atoms with Gasteiger partial charge in [-0.25, -0.2) is 0 Å². The molecule has 2 saturated heterocycles. The van der Waals surface area contributed by atoms with Crippen molar-refractivity contribution in [2.75, 3.05) is 26.4 Å². The molecule has 2 rings (SSSR count). The lowest BCUT2D eigenvalue weighted by Crippen LogP contribution is -2.37. The summed E-state index contributed by atoms with van der Waals surface area (Å²) in [7, 11) is 0. The van der Waals surface area contributed by atoms with Crippen LogP contribution in [0.3, 0.4) is 0 Å². The number of ether oxygens (including phenoxy) is 2. The van der Waals surface area contributed by atoms with Gasteiger partial charge in [-0.3, -0.25) is 0 Å². The van der Waals surface area contributed by atoms with E-state index in [0.29, 0.717) is 12.1 Å². The first-order valence-corrected chi connectivity index (χ1v) is 7.83. The molecule has 0 radical (unpaired) electrons. The number of hydrogen-bond donors (Lipinski definition) is 1. The second kappa shape index (κ2) is 8.13. The molecule has 2 heterocycles. The zero-order chi connectivity index (χ0) is 12.6. The fraction of sp³-hybridized carbons (Fsp3) is 1.00. The van der Waals surface area contributed by atoms with Gasteiger partial charge in [0.25, 0.3) is 0 Å². The number of hydrogen-bond acceptors (Lipinski definition) is 3. The van der Waals surface area contributed by atoms with E-state index in [2.05, 4.69) is 12.2 Å². The highest BCUT2D eigenvalue weighted by atomic mass is 16.5. The van der Waals surface area contributed by atoms with Gasteiger partial charge in [-0.05, 0) is 57.4 Å². The molecule has 0 amide bonds. The summed E-state index contributed by atoms with van der Waals surface area (Å²) in [6.45, 7) is 6.28. The summed E-state index contributed by atoms with van der Waals surface area (Å²) in [4.78, 5) is 0. The van der Waals surface area contributed by atoms with E-state index in [4.69, 9.17) is 9.47 Å². The molecule has 3 nitrogen and oxygen atoms in total. The first kappa shape index (κ1) is 14.3. The lowest BCUT2D eigenvalue weighted by atomic mass is 9.93. The topological polar surface area (TPSA) is 30.5 Å². The molecule has 18 heavy (non-hydrogen) atoms. The van der Waals surface area contributed by atoms with E-state index in [1.807, 2.05) is 0 Å². The second-order valence-electron chi connectivity index (χ2n) is 5.75. The van der Waals surface area contributed by atoms with E-state index in [1.165, 1.54) is 44.9 Å². The number of rotatable bonds is 8. The van der Waals surface area contributed by atoms with Crippen molar-refractivity contribution in [2.24, 2.45) is 5.92 Å². The lowest BCUT2D eigenvalue weighted by Gasteiger charge is -2.24. The van der Waals surface area contributed by atoms with Crippen molar-refractivity contribution in [3.8, 4) is 0 Å². The normalized spacial score (nSPS) is 29.8. The third-order valence-electron chi connectivity index (χ3n) is 4.26. The summed E-state index contributed by atoms with van der Waals surface area (Å²) in [5, 5.41) is 3.72. The Morgan fingerprint density at radius 3 is 2.89 bits per heavy atom. The van der Waals surface area contributed by atoms with E-state index in [0.717, 1.165) is 32.3 Å². The van der Waals surface area contributed by atoms with Crippen LogP contribution in [0, 0.1) is 5.92 Å². The van der Waals surface area contributed by atoms with Gasteiger partial charge in [0, 0.05) is 19.3 Å². The highest BCUT2D eigenvalue weighted by Crippen LogP contribution is 2.23. The molecule has 0 spiro atoms. The van der Waals surface area contributed by atoms with E-state index in [-0.39, 0.29) is 0 Å². The largest absolute Gasteiger partial charge is 0.381 e. The Balaban J connectivity index is 1.66. The quantitative estimate of drug-likeness (QED) is 0.723. The van der Waals surface area contributed by atoms with Crippen LogP contribution in [0.25, 0.3) is 0 Å². The number of nitrogens with one attached hydrogen (secondary N) is 1. The average molecular weight is 255 g/mol. The van der Waals surface area contributed by atoms with Crippen LogP contribution >= 0.6 is 0 Å². The van der Waals surface area contributed by atoms with Crippen molar-refractivity contribution in [3.05, 3.63) is 0 Å². The molecule has 0 aliphatic carbocycles. The maximum Gasteiger partial charge on any atom is 0.0576 e. The fourth-order valence-electron chi connectivity index (χ4n) is 3.14. The molecule has 3 heteroatoms. The monoisotopic (exact) mass is 255 g/mol. The molecule has 3 atom stereocenters. The summed E-state index contributed by atoms with van der Waals surface area (Å²) >= 11 is 0. The minimum absolute atomic E-state index is 0.552. The Labute approximate surface area is 112 Å². The van der Waals surface area contributed by atoms with Gasteiger partial charge in [0.15, 0.2) is 0 Å². The van der Waals surface area contributed by atoms with Gasteiger partial charge < -0.3 is 14.8 Å². The Morgan fingerprint density at radius 1 is 1.28 bits per heavy atom. The Kier molecular flexibility index (Phi) is 6.46. The van der Waals surface area contributed by atoms with Crippen LogP contribution in [0.2, 0.25) is 0 Å². The van der Waals surface area contributed by atoms with Gasteiger partial charge in [0.2, 0.25) is 0 Å². The van der Waals surface area contributed by atoms with Gasteiger partial charge >= 0.3 is 0 Å². The molecule has 0 bridgehead atoms. The van der Waals surface area contributed by atoms with Crippen LogP contribution in [-0.2, 0) is 9.47 Å². The summed E-state index contributed by atoms with van der Waals surface area (Å²) in [5.74, 6) is 0.737. The Bertz CT molecular complexity index is 211. The van der Waals surface area contributed by atoms with E-state index >= 15 is 0 Å². The molecule has 2 aliphatic heterocycles. The summed E-state index contributed by atoms with van der Waals surface area (Å²) < 4.78 is 11.2. The molecular formula is C15H29NO2. The molecular weight excluding hydrogens is 226 g/mol. The van der Waals surface area contributed by atoms with Gasteiger partial charge in [-0.2, -0.15) is 0 Å². The summed E-state index contributed by atoms with van der Waals surface area (Å²) in [6, 6.07) is 0.661. The summed E-state index contributed by atoms with van der Waals surface area (Å²) in [6.07, 6.45) is 9.38. The first-order chi connectivity index (χ1) is 8.90. The average Bonchev–Trinajstić information content (AvgIpc) is 3.05. The van der Waals surface area contributed by atoms with E-state index in [1.54, 1.807) is 0 Å². The molecule has 106 valence electrons. The fourth-order valence-corrected chi connectivity index (χ4v) is 3.14. The van der Waals surface area contributed by atoms with Crippen molar-refractivity contribution in [1.82, 2.24) is 5.32 Å². The predicted molar refractivity (Wildman–Crippen MR) is 73.8 cm³/mol. The standard InChI is InChI=1S/C15H29NO2/c1-2-9-16-15(13-8-11-17-12-13)7-3-5-14-6-4-10-18-14/h13-16H,2-12H2,1H3. The minimum Gasteiger partial charge on any atom is -0.381 e. The van der Waals surface area contributed by atoms with E-state index < -0.39 is 0 Å². The highest BCUT2D eigenvalue weighted by molar-refractivity contribution is 4.80. The van der Waals surface area contributed by atoms with Crippen molar-refractivity contribution in [1.29, 1.82) is 0 Å². The Morgan fingerprint density at radius 2 is 2.22 bits per heavy atom. The Hall–Kier alpha value is -0.120. The summed E-state index contributed by atoms with van der Waals surface area (Å²) in [5.41, 5.74) is 0. The first-order valence-electron chi connectivity index (χ1n) is 7.83. The molecule has 1 N–H and O–H groups in total. The predicted octanol–water partition coefficient (Wildman–Crippen LogP) is 2.74. The van der Waals surface area contributed by atoms with Crippen molar-refractivity contribution in [3.63, 3.8) is 0 Å². The van der Waals surface area contributed by atoms with Crippen LogP contribution < -0.4 is 5.32 Å². The van der Waals surface area contributed by atoms with Crippen molar-refractivity contribution in [2.45, 2.75) is 64.0 Å². The van der Waals surface area contributed by atoms with Gasteiger partial charge in [0.1, 0.15) is 0 Å². The second-order valence-corrected chi connectivity index (χ2v) is 5.75. The molecule has 2 fully saturated rings. The van der Waals surface area contributed by atoms with Crippen molar-refractivity contribution < 1.29 is 9.47 Å². The maximum absolute atomic E-state index is 5.70. The highest BCUT2D eigenvalue weighted by Gasteiger charge is 2.25. The smallest absolute Gasteiger partial charge is 0.0576 e. The van der Waals surface area contributed by atoms with Crippen LogP contribution in [0.1, 0.15) is 51.9 Å². The van der Waals surface area contributed by atoms with Crippen LogP contribution in [0.4, 0.5) is 0 Å².